The third-order valence-electron chi connectivity index (χ3n) is 1.69. The van der Waals surface area contributed by atoms with Crippen molar-refractivity contribution < 1.29 is 13.9 Å². The molecule has 0 aromatic heterocycles. The number of hydrogen-bond acceptors (Lipinski definition) is 3. The molecule has 0 aliphatic carbocycles. The van der Waals surface area contributed by atoms with Crippen LogP contribution in [0.15, 0.2) is 12.1 Å². The Bertz CT molecular complexity index is 384. The predicted octanol–water partition coefficient (Wildman–Crippen LogP) is 1.16. The minimum Gasteiger partial charge on any atom is -0.478 e. The van der Waals surface area contributed by atoms with Gasteiger partial charge in [0, 0.05) is 11.8 Å². The van der Waals surface area contributed by atoms with E-state index < -0.39 is 5.82 Å². The molecule has 76 valence electrons. The van der Waals surface area contributed by atoms with E-state index in [1.54, 1.807) is 0 Å². The molecule has 1 aliphatic rings. The van der Waals surface area contributed by atoms with E-state index in [1.165, 1.54) is 6.07 Å². The number of amides is 1. The normalized spacial score (nSPS) is 13.4. The molecule has 0 bridgehead atoms. The second-order valence-corrected chi connectivity index (χ2v) is 2.72. The standard InChI is InChI=1S/C8H7FN2O2.ClH/c9-5-1-4(10)2-6-8(5)13-3-7(12)11-6;/h1-2H,3,10H2,(H,11,12);1H. The van der Waals surface area contributed by atoms with Crippen molar-refractivity contribution in [1.29, 1.82) is 0 Å². The highest BCUT2D eigenvalue weighted by Crippen LogP contribution is 2.32. The molecular formula is C8H8ClFN2O2. The Hall–Kier alpha value is -1.49. The van der Waals surface area contributed by atoms with Gasteiger partial charge in [-0.1, -0.05) is 0 Å². The minimum atomic E-state index is -0.560. The van der Waals surface area contributed by atoms with E-state index in [-0.39, 0.29) is 42.0 Å². The number of fused-ring (bicyclic) bond motifs is 1. The van der Waals surface area contributed by atoms with Gasteiger partial charge in [0.2, 0.25) is 0 Å². The van der Waals surface area contributed by atoms with Crippen molar-refractivity contribution in [1.82, 2.24) is 0 Å². The van der Waals surface area contributed by atoms with Crippen molar-refractivity contribution in [3.63, 3.8) is 0 Å². The van der Waals surface area contributed by atoms with E-state index in [2.05, 4.69) is 5.32 Å². The van der Waals surface area contributed by atoms with Crippen LogP contribution >= 0.6 is 12.4 Å². The molecule has 2 rings (SSSR count). The van der Waals surface area contributed by atoms with Crippen LogP contribution in [0.4, 0.5) is 15.8 Å². The number of benzene rings is 1. The maximum Gasteiger partial charge on any atom is 0.262 e. The molecule has 1 heterocycles. The molecule has 0 fully saturated rings. The summed E-state index contributed by atoms with van der Waals surface area (Å²) in [6, 6.07) is 2.60. The van der Waals surface area contributed by atoms with Crippen LogP contribution in [-0.2, 0) is 4.79 Å². The zero-order valence-electron chi connectivity index (χ0n) is 7.04. The van der Waals surface area contributed by atoms with Crippen molar-refractivity contribution in [3.8, 4) is 5.75 Å². The van der Waals surface area contributed by atoms with Gasteiger partial charge in [0.25, 0.3) is 5.91 Å². The zero-order chi connectivity index (χ0) is 9.42. The van der Waals surface area contributed by atoms with Crippen LogP contribution in [0, 0.1) is 5.82 Å². The van der Waals surface area contributed by atoms with Gasteiger partial charge < -0.3 is 15.8 Å². The molecule has 1 aliphatic heterocycles. The molecule has 1 aromatic rings. The Labute approximate surface area is 85.6 Å². The highest BCUT2D eigenvalue weighted by molar-refractivity contribution is 5.96. The van der Waals surface area contributed by atoms with Gasteiger partial charge in [0.05, 0.1) is 5.69 Å². The number of rotatable bonds is 0. The Kier molecular flexibility index (Phi) is 2.81. The first-order chi connectivity index (χ1) is 6.16. The molecule has 0 atom stereocenters. The summed E-state index contributed by atoms with van der Waals surface area (Å²) in [7, 11) is 0. The van der Waals surface area contributed by atoms with Gasteiger partial charge in [-0.25, -0.2) is 4.39 Å². The summed E-state index contributed by atoms with van der Waals surface area (Å²) in [6.07, 6.45) is 0. The lowest BCUT2D eigenvalue weighted by Gasteiger charge is -2.18. The lowest BCUT2D eigenvalue weighted by molar-refractivity contribution is -0.118. The van der Waals surface area contributed by atoms with Gasteiger partial charge in [0.1, 0.15) is 0 Å². The molecule has 1 aromatic carbocycles. The second-order valence-electron chi connectivity index (χ2n) is 2.72. The number of nitrogens with one attached hydrogen (secondary N) is 1. The van der Waals surface area contributed by atoms with Gasteiger partial charge in [-0.3, -0.25) is 4.79 Å². The lowest BCUT2D eigenvalue weighted by atomic mass is 10.2. The van der Waals surface area contributed by atoms with E-state index >= 15 is 0 Å². The Morgan fingerprint density at radius 1 is 1.50 bits per heavy atom. The zero-order valence-corrected chi connectivity index (χ0v) is 7.86. The SMILES string of the molecule is Cl.Nc1cc(F)c2c(c1)NC(=O)CO2. The third-order valence-corrected chi connectivity index (χ3v) is 1.69. The van der Waals surface area contributed by atoms with Crippen LogP contribution in [0.2, 0.25) is 0 Å². The summed E-state index contributed by atoms with van der Waals surface area (Å²) >= 11 is 0. The third kappa shape index (κ3) is 1.72. The molecule has 3 N–H and O–H groups in total. The lowest BCUT2D eigenvalue weighted by Crippen LogP contribution is -2.26. The number of carbonyl (C=O) groups excluding carboxylic acids is 1. The highest BCUT2D eigenvalue weighted by Gasteiger charge is 2.19. The molecule has 6 heteroatoms. The first-order valence-corrected chi connectivity index (χ1v) is 3.68. The summed E-state index contributed by atoms with van der Waals surface area (Å²) in [5.41, 5.74) is 5.92. The molecule has 1 amide bonds. The van der Waals surface area contributed by atoms with Crippen LogP contribution in [0.25, 0.3) is 0 Å². The maximum atomic E-state index is 13.1. The van der Waals surface area contributed by atoms with Crippen molar-refractivity contribution >= 4 is 29.7 Å². The number of nitrogen functional groups attached to an aromatic ring is 1. The molecule has 0 radical (unpaired) electrons. The summed E-state index contributed by atoms with van der Waals surface area (Å²) in [4.78, 5) is 10.8. The summed E-state index contributed by atoms with van der Waals surface area (Å²) in [5.74, 6) is -0.818. The number of nitrogens with two attached hydrogens (primary N) is 1. The van der Waals surface area contributed by atoms with Crippen molar-refractivity contribution in [2.45, 2.75) is 0 Å². The number of anilines is 2. The largest absolute Gasteiger partial charge is 0.478 e. The van der Waals surface area contributed by atoms with E-state index in [9.17, 15) is 9.18 Å². The number of ether oxygens (including phenoxy) is 1. The van der Waals surface area contributed by atoms with Gasteiger partial charge in [-0.2, -0.15) is 0 Å². The van der Waals surface area contributed by atoms with Crippen molar-refractivity contribution in [3.05, 3.63) is 17.9 Å². The average Bonchev–Trinajstić information content (AvgIpc) is 2.02. The smallest absolute Gasteiger partial charge is 0.262 e. The maximum absolute atomic E-state index is 13.1. The van der Waals surface area contributed by atoms with Crippen LogP contribution in [0.3, 0.4) is 0 Å². The van der Waals surface area contributed by atoms with Crippen LogP contribution in [0.5, 0.6) is 5.75 Å². The predicted molar refractivity (Wildman–Crippen MR) is 52.2 cm³/mol. The number of carbonyl (C=O) groups is 1. The molecule has 14 heavy (non-hydrogen) atoms. The fourth-order valence-corrected chi connectivity index (χ4v) is 1.18. The fraction of sp³-hybridized carbons (Fsp3) is 0.125. The minimum absolute atomic E-state index is 0. The second kappa shape index (κ2) is 3.71. The summed E-state index contributed by atoms with van der Waals surface area (Å²) in [6.45, 7) is -0.159. The highest BCUT2D eigenvalue weighted by atomic mass is 35.5. The van der Waals surface area contributed by atoms with Gasteiger partial charge in [-0.05, 0) is 6.07 Å². The molecular weight excluding hydrogens is 211 g/mol. The van der Waals surface area contributed by atoms with Gasteiger partial charge in [0.15, 0.2) is 18.2 Å². The fourth-order valence-electron chi connectivity index (χ4n) is 1.18. The topological polar surface area (TPSA) is 64.3 Å². The average molecular weight is 219 g/mol. The van der Waals surface area contributed by atoms with Gasteiger partial charge in [-0.15, -0.1) is 12.4 Å². The monoisotopic (exact) mass is 218 g/mol. The molecule has 0 saturated heterocycles. The van der Waals surface area contributed by atoms with Crippen LogP contribution in [-0.4, -0.2) is 12.5 Å². The Balaban J connectivity index is 0.000000980. The quantitative estimate of drug-likeness (QED) is 0.643. The van der Waals surface area contributed by atoms with E-state index in [0.29, 0.717) is 0 Å². The summed E-state index contributed by atoms with van der Waals surface area (Å²) < 4.78 is 18.0. The molecule has 0 unspecified atom stereocenters. The Morgan fingerprint density at radius 3 is 2.93 bits per heavy atom. The van der Waals surface area contributed by atoms with Crippen molar-refractivity contribution in [2.24, 2.45) is 0 Å². The number of hydrogen-bond donors (Lipinski definition) is 2. The molecule has 0 spiro atoms. The first-order valence-electron chi connectivity index (χ1n) is 3.68. The molecule has 0 saturated carbocycles. The van der Waals surface area contributed by atoms with E-state index in [1.807, 2.05) is 0 Å². The first kappa shape index (κ1) is 10.6. The van der Waals surface area contributed by atoms with Crippen molar-refractivity contribution in [2.75, 3.05) is 17.7 Å². The Morgan fingerprint density at radius 2 is 2.21 bits per heavy atom. The number of halogens is 2. The van der Waals surface area contributed by atoms with E-state index in [4.69, 9.17) is 10.5 Å². The van der Waals surface area contributed by atoms with Crippen LogP contribution < -0.4 is 15.8 Å². The molecule has 4 nitrogen and oxygen atoms in total. The van der Waals surface area contributed by atoms with E-state index in [0.717, 1.165) is 6.07 Å². The summed E-state index contributed by atoms with van der Waals surface area (Å²) in [5, 5.41) is 2.46. The van der Waals surface area contributed by atoms with Crippen LogP contribution in [0.1, 0.15) is 0 Å². The van der Waals surface area contributed by atoms with Gasteiger partial charge >= 0.3 is 0 Å².